The summed E-state index contributed by atoms with van der Waals surface area (Å²) < 4.78 is 60.6. The predicted octanol–water partition coefficient (Wildman–Crippen LogP) is 4.09. The van der Waals surface area contributed by atoms with Crippen LogP contribution in [-0.4, -0.2) is 54.7 Å². The van der Waals surface area contributed by atoms with Gasteiger partial charge in [-0.15, -0.1) is 0 Å². The van der Waals surface area contributed by atoms with Crippen LogP contribution in [-0.2, 0) is 23.0 Å². The summed E-state index contributed by atoms with van der Waals surface area (Å²) in [5.74, 6) is -0.964. The molecule has 0 saturated carbocycles. The molecule has 0 atom stereocenters. The minimum absolute atomic E-state index is 0.0373. The number of benzene rings is 2. The molecular formula is C25H27F2N5O3S. The number of nitrogens with zero attached hydrogens (tertiary/aromatic N) is 4. The Kier molecular flexibility index (Phi) is 6.29. The third kappa shape index (κ3) is 4.72. The molecule has 190 valence electrons. The first-order valence-electron chi connectivity index (χ1n) is 11.7. The third-order valence-electron chi connectivity index (χ3n) is 6.46. The average Bonchev–Trinajstić information content (AvgIpc) is 2.83. The number of ether oxygens (including phenoxy) is 1. The normalized spacial score (nSPS) is 15.9. The summed E-state index contributed by atoms with van der Waals surface area (Å²) >= 11 is 0. The number of hydrogen-bond acceptors (Lipinski definition) is 7. The van der Waals surface area contributed by atoms with Crippen molar-refractivity contribution in [1.82, 2.24) is 14.3 Å². The first-order valence-corrected chi connectivity index (χ1v) is 13.5. The van der Waals surface area contributed by atoms with Crippen LogP contribution >= 0.6 is 0 Å². The zero-order valence-electron chi connectivity index (χ0n) is 20.3. The Balaban J connectivity index is 1.46. The van der Waals surface area contributed by atoms with Gasteiger partial charge in [0.15, 0.2) is 17.4 Å². The number of aromatic nitrogens is 2. The summed E-state index contributed by atoms with van der Waals surface area (Å²) in [5.41, 5.74) is 3.39. The second kappa shape index (κ2) is 9.29. The molecule has 8 nitrogen and oxygen atoms in total. The number of rotatable bonds is 5. The Morgan fingerprint density at radius 3 is 2.64 bits per heavy atom. The van der Waals surface area contributed by atoms with E-state index in [9.17, 15) is 17.2 Å². The van der Waals surface area contributed by atoms with Crippen LogP contribution in [0.15, 0.2) is 36.5 Å². The number of fused-ring (bicyclic) bond motifs is 2. The summed E-state index contributed by atoms with van der Waals surface area (Å²) in [6.07, 6.45) is 2.87. The van der Waals surface area contributed by atoms with Crippen LogP contribution < -0.4 is 15.0 Å². The molecule has 2 aliphatic heterocycles. The van der Waals surface area contributed by atoms with Gasteiger partial charge in [-0.05, 0) is 55.7 Å². The summed E-state index contributed by atoms with van der Waals surface area (Å²) in [5, 5.41) is 3.06. The van der Waals surface area contributed by atoms with Crippen LogP contribution in [0.25, 0.3) is 11.3 Å². The van der Waals surface area contributed by atoms with E-state index in [1.54, 1.807) is 6.07 Å². The van der Waals surface area contributed by atoms with Gasteiger partial charge in [-0.3, -0.25) is 0 Å². The van der Waals surface area contributed by atoms with Gasteiger partial charge in [-0.1, -0.05) is 6.07 Å². The number of halogens is 2. The van der Waals surface area contributed by atoms with Crippen molar-refractivity contribution in [2.24, 2.45) is 0 Å². The van der Waals surface area contributed by atoms with E-state index in [-0.39, 0.29) is 35.5 Å². The molecule has 0 saturated heterocycles. The van der Waals surface area contributed by atoms with Gasteiger partial charge in [-0.25, -0.2) is 27.2 Å². The van der Waals surface area contributed by atoms with Gasteiger partial charge in [0.2, 0.25) is 16.0 Å². The maximum absolute atomic E-state index is 14.9. The average molecular weight is 516 g/mol. The molecule has 3 aromatic rings. The van der Waals surface area contributed by atoms with Crippen molar-refractivity contribution < 1.29 is 21.9 Å². The molecule has 0 radical (unpaired) electrons. The fourth-order valence-electron chi connectivity index (χ4n) is 4.63. The van der Waals surface area contributed by atoms with Crippen molar-refractivity contribution >= 4 is 27.3 Å². The van der Waals surface area contributed by atoms with E-state index in [1.807, 2.05) is 36.9 Å². The maximum atomic E-state index is 14.9. The Hall–Kier alpha value is -3.31. The van der Waals surface area contributed by atoms with Gasteiger partial charge in [0, 0.05) is 30.4 Å². The molecule has 0 bridgehead atoms. The highest BCUT2D eigenvalue weighted by Crippen LogP contribution is 2.39. The maximum Gasteiger partial charge on any atom is 0.227 e. The third-order valence-corrected chi connectivity index (χ3v) is 7.71. The number of anilines is 3. The molecule has 1 aromatic heterocycles. The van der Waals surface area contributed by atoms with Gasteiger partial charge < -0.3 is 15.0 Å². The Morgan fingerprint density at radius 1 is 1.08 bits per heavy atom. The SMILES string of the molecule is CC(C)N1CCOc2c(F)cc(-c3nc(Nc4ccc5c(c4)CN(S(C)(=O)=O)CC5)ncc3F)cc21. The van der Waals surface area contributed by atoms with E-state index in [4.69, 9.17) is 4.74 Å². The lowest BCUT2D eigenvalue weighted by Crippen LogP contribution is -2.38. The van der Waals surface area contributed by atoms with Gasteiger partial charge in [0.05, 0.1) is 24.7 Å². The molecular weight excluding hydrogens is 488 g/mol. The topological polar surface area (TPSA) is 87.7 Å². The zero-order chi connectivity index (χ0) is 25.6. The van der Waals surface area contributed by atoms with Gasteiger partial charge in [-0.2, -0.15) is 4.31 Å². The molecule has 2 aromatic carbocycles. The highest BCUT2D eigenvalue weighted by molar-refractivity contribution is 7.88. The molecule has 1 N–H and O–H groups in total. The number of sulfonamides is 1. The number of hydrogen-bond donors (Lipinski definition) is 1. The van der Waals surface area contributed by atoms with Crippen molar-refractivity contribution in [3.63, 3.8) is 0 Å². The van der Waals surface area contributed by atoms with E-state index >= 15 is 0 Å². The van der Waals surface area contributed by atoms with Crippen LogP contribution in [0, 0.1) is 11.6 Å². The van der Waals surface area contributed by atoms with E-state index in [2.05, 4.69) is 15.3 Å². The van der Waals surface area contributed by atoms with Crippen LogP contribution in [0.1, 0.15) is 25.0 Å². The standard InChI is InChI=1S/C25H27F2N5O3S/c1-15(2)32-8-9-35-24-20(26)11-17(12-22(24)32)23-21(27)13-28-25(30-23)29-19-5-4-16-6-7-31(36(3,33)34)14-18(16)10-19/h4-5,10-13,15H,6-9,14H2,1-3H3,(H,28,29,30). The van der Waals surface area contributed by atoms with Gasteiger partial charge in [0.1, 0.15) is 12.3 Å². The largest absolute Gasteiger partial charge is 0.486 e. The van der Waals surface area contributed by atoms with Crippen LogP contribution in [0.3, 0.4) is 0 Å². The predicted molar refractivity (Wildman–Crippen MR) is 134 cm³/mol. The second-order valence-electron chi connectivity index (χ2n) is 9.29. The van der Waals surface area contributed by atoms with Crippen LogP contribution in [0.4, 0.5) is 26.1 Å². The lowest BCUT2D eigenvalue weighted by molar-refractivity contribution is 0.287. The van der Waals surface area contributed by atoms with Crippen molar-refractivity contribution in [3.8, 4) is 17.0 Å². The molecule has 0 fully saturated rings. The molecule has 0 spiro atoms. The highest BCUT2D eigenvalue weighted by Gasteiger charge is 2.26. The molecule has 5 rings (SSSR count). The van der Waals surface area contributed by atoms with E-state index in [0.29, 0.717) is 37.5 Å². The zero-order valence-corrected chi connectivity index (χ0v) is 21.1. The molecule has 3 heterocycles. The van der Waals surface area contributed by atoms with Crippen LogP contribution in [0.2, 0.25) is 0 Å². The Morgan fingerprint density at radius 2 is 1.89 bits per heavy atom. The number of nitrogens with one attached hydrogen (secondary N) is 1. The lowest BCUT2D eigenvalue weighted by atomic mass is 10.0. The molecule has 11 heteroatoms. The molecule has 0 unspecified atom stereocenters. The molecule has 0 aliphatic carbocycles. The summed E-state index contributed by atoms with van der Waals surface area (Å²) in [7, 11) is -3.30. The van der Waals surface area contributed by atoms with Crippen molar-refractivity contribution in [2.75, 3.05) is 36.2 Å². The van der Waals surface area contributed by atoms with Gasteiger partial charge in [0.25, 0.3) is 0 Å². The molecule has 0 amide bonds. The minimum atomic E-state index is -3.30. The van der Waals surface area contributed by atoms with Crippen molar-refractivity contribution in [2.45, 2.75) is 32.9 Å². The summed E-state index contributed by atoms with van der Waals surface area (Å²) in [6.45, 7) is 5.70. The van der Waals surface area contributed by atoms with E-state index < -0.39 is 21.7 Å². The van der Waals surface area contributed by atoms with E-state index in [0.717, 1.165) is 17.3 Å². The monoisotopic (exact) mass is 515 g/mol. The van der Waals surface area contributed by atoms with Crippen molar-refractivity contribution in [1.29, 1.82) is 0 Å². The molecule has 2 aliphatic rings. The highest BCUT2D eigenvalue weighted by atomic mass is 32.2. The minimum Gasteiger partial charge on any atom is -0.486 e. The van der Waals surface area contributed by atoms with Crippen molar-refractivity contribution in [3.05, 3.63) is 59.3 Å². The second-order valence-corrected chi connectivity index (χ2v) is 11.3. The van der Waals surface area contributed by atoms with Crippen LogP contribution in [0.5, 0.6) is 5.75 Å². The Bertz CT molecular complexity index is 1430. The Labute approximate surface area is 209 Å². The lowest BCUT2D eigenvalue weighted by Gasteiger charge is -2.34. The fourth-order valence-corrected chi connectivity index (χ4v) is 5.42. The fraction of sp³-hybridized carbons (Fsp3) is 0.360. The van der Waals surface area contributed by atoms with E-state index in [1.165, 1.54) is 16.6 Å². The smallest absolute Gasteiger partial charge is 0.227 e. The molecule has 36 heavy (non-hydrogen) atoms. The first-order chi connectivity index (χ1) is 17.1. The van der Waals surface area contributed by atoms with Gasteiger partial charge >= 0.3 is 0 Å². The summed E-state index contributed by atoms with van der Waals surface area (Å²) in [6, 6.07) is 8.63. The summed E-state index contributed by atoms with van der Waals surface area (Å²) in [4.78, 5) is 10.4. The first kappa shape index (κ1) is 24.4. The quantitative estimate of drug-likeness (QED) is 0.548.